The fourth-order valence-corrected chi connectivity index (χ4v) is 1.23. The summed E-state index contributed by atoms with van der Waals surface area (Å²) in [6.07, 6.45) is 3.82. The molecule has 0 aliphatic carbocycles. The monoisotopic (exact) mass is 174 g/mol. The third kappa shape index (κ3) is 2.00. The molecule has 1 aromatic heterocycles. The molecule has 0 amide bonds. The van der Waals surface area contributed by atoms with E-state index in [9.17, 15) is 0 Å². The summed E-state index contributed by atoms with van der Waals surface area (Å²) in [5.41, 5.74) is 1.92. The summed E-state index contributed by atoms with van der Waals surface area (Å²) < 4.78 is 1.92. The third-order valence-electron chi connectivity index (χ3n) is 2.02. The average Bonchev–Trinajstić information content (AvgIpc) is 2.48. The maximum Gasteiger partial charge on any atom is 0.120 e. The number of aromatic nitrogens is 1. The van der Waals surface area contributed by atoms with Gasteiger partial charge < -0.3 is 4.57 Å². The lowest BCUT2D eigenvalue weighted by molar-refractivity contribution is 0.800. The van der Waals surface area contributed by atoms with E-state index in [2.05, 4.69) is 26.5 Å². The van der Waals surface area contributed by atoms with E-state index in [0.29, 0.717) is 18.2 Å². The fourth-order valence-electron chi connectivity index (χ4n) is 1.23. The summed E-state index contributed by atoms with van der Waals surface area (Å²) in [6.45, 7) is 8.60. The molecule has 0 aromatic carbocycles. The normalized spacial score (nSPS) is 10.0. The van der Waals surface area contributed by atoms with Crippen molar-refractivity contribution in [1.29, 1.82) is 5.26 Å². The Morgan fingerprint density at radius 3 is 2.85 bits per heavy atom. The zero-order valence-corrected chi connectivity index (χ0v) is 8.12. The molecule has 2 heteroatoms. The molecule has 0 fully saturated rings. The van der Waals surface area contributed by atoms with Crippen LogP contribution in [0.5, 0.6) is 0 Å². The highest BCUT2D eigenvalue weighted by molar-refractivity contribution is 5.30. The second kappa shape index (κ2) is 3.95. The van der Waals surface area contributed by atoms with Crippen molar-refractivity contribution in [2.24, 2.45) is 0 Å². The second-order valence-corrected chi connectivity index (χ2v) is 3.37. The molecule has 1 aromatic rings. The van der Waals surface area contributed by atoms with E-state index >= 15 is 0 Å². The maximum atomic E-state index is 8.84. The highest BCUT2D eigenvalue weighted by Gasteiger charge is 2.06. The Labute approximate surface area is 79.1 Å². The van der Waals surface area contributed by atoms with E-state index in [1.165, 1.54) is 5.56 Å². The molecule has 1 rings (SSSR count). The molecular formula is C11H14N2. The van der Waals surface area contributed by atoms with Crippen molar-refractivity contribution in [3.8, 4) is 6.07 Å². The van der Waals surface area contributed by atoms with E-state index < -0.39 is 0 Å². The highest BCUT2D eigenvalue weighted by atomic mass is 15.0. The van der Waals surface area contributed by atoms with Crippen LogP contribution in [0.1, 0.15) is 31.0 Å². The zero-order chi connectivity index (χ0) is 9.84. The van der Waals surface area contributed by atoms with E-state index in [-0.39, 0.29) is 0 Å². The van der Waals surface area contributed by atoms with E-state index in [1.807, 2.05) is 16.8 Å². The third-order valence-corrected chi connectivity index (χ3v) is 2.02. The van der Waals surface area contributed by atoms with Gasteiger partial charge in [-0.1, -0.05) is 19.9 Å². The average molecular weight is 174 g/mol. The largest absolute Gasteiger partial charge is 0.335 e. The summed E-state index contributed by atoms with van der Waals surface area (Å²) in [6, 6.07) is 4.11. The first kappa shape index (κ1) is 9.60. The van der Waals surface area contributed by atoms with E-state index in [4.69, 9.17) is 5.26 Å². The minimum atomic E-state index is 0.471. The molecule has 0 bridgehead atoms. The molecule has 0 saturated heterocycles. The number of nitriles is 1. The van der Waals surface area contributed by atoms with Crippen LogP contribution in [0, 0.1) is 11.3 Å². The van der Waals surface area contributed by atoms with Crippen LogP contribution >= 0.6 is 0 Å². The van der Waals surface area contributed by atoms with Gasteiger partial charge in [0.2, 0.25) is 0 Å². The lowest BCUT2D eigenvalue weighted by Crippen LogP contribution is -1.95. The number of hydrogen-bond donors (Lipinski definition) is 0. The molecule has 0 radical (unpaired) electrons. The molecule has 1 heterocycles. The van der Waals surface area contributed by atoms with E-state index in [0.717, 1.165) is 0 Å². The maximum absolute atomic E-state index is 8.84. The van der Waals surface area contributed by atoms with Gasteiger partial charge in [-0.3, -0.25) is 0 Å². The van der Waals surface area contributed by atoms with Gasteiger partial charge in [-0.25, -0.2) is 0 Å². The van der Waals surface area contributed by atoms with Crippen molar-refractivity contribution in [2.45, 2.75) is 26.3 Å². The molecule has 0 N–H and O–H groups in total. The minimum absolute atomic E-state index is 0.471. The molecular weight excluding hydrogens is 160 g/mol. The SMILES string of the molecule is C=CCn1cc(C(C)C)cc1C#N. The van der Waals surface area contributed by atoms with Crippen LogP contribution in [0.2, 0.25) is 0 Å². The first-order valence-corrected chi connectivity index (χ1v) is 4.40. The van der Waals surface area contributed by atoms with Crippen molar-refractivity contribution in [2.75, 3.05) is 0 Å². The van der Waals surface area contributed by atoms with Gasteiger partial charge in [0.15, 0.2) is 0 Å². The van der Waals surface area contributed by atoms with Crippen LogP contribution in [-0.2, 0) is 6.54 Å². The van der Waals surface area contributed by atoms with Crippen molar-refractivity contribution >= 4 is 0 Å². The lowest BCUT2D eigenvalue weighted by Gasteiger charge is -1.99. The number of nitrogens with zero attached hydrogens (tertiary/aromatic N) is 2. The quantitative estimate of drug-likeness (QED) is 0.647. The van der Waals surface area contributed by atoms with Gasteiger partial charge in [0, 0.05) is 12.7 Å². The predicted octanol–water partition coefficient (Wildman–Crippen LogP) is 2.67. The first-order chi connectivity index (χ1) is 6.19. The topological polar surface area (TPSA) is 28.7 Å². The van der Waals surface area contributed by atoms with Gasteiger partial charge in [0.25, 0.3) is 0 Å². The smallest absolute Gasteiger partial charge is 0.120 e. The Balaban J connectivity index is 3.05. The van der Waals surface area contributed by atoms with Crippen molar-refractivity contribution in [3.05, 3.63) is 36.2 Å². The molecule has 0 saturated carbocycles. The Kier molecular flexibility index (Phi) is 2.92. The van der Waals surface area contributed by atoms with Gasteiger partial charge >= 0.3 is 0 Å². The van der Waals surface area contributed by atoms with Crippen LogP contribution in [-0.4, -0.2) is 4.57 Å². The Hall–Kier alpha value is -1.49. The van der Waals surface area contributed by atoms with Crippen LogP contribution in [0.4, 0.5) is 0 Å². The van der Waals surface area contributed by atoms with Gasteiger partial charge in [0.1, 0.15) is 11.8 Å². The summed E-state index contributed by atoms with van der Waals surface area (Å²) in [5, 5.41) is 8.84. The lowest BCUT2D eigenvalue weighted by atomic mass is 10.1. The Morgan fingerprint density at radius 1 is 1.69 bits per heavy atom. The first-order valence-electron chi connectivity index (χ1n) is 4.40. The minimum Gasteiger partial charge on any atom is -0.335 e. The van der Waals surface area contributed by atoms with E-state index in [1.54, 1.807) is 6.08 Å². The van der Waals surface area contributed by atoms with Crippen molar-refractivity contribution in [3.63, 3.8) is 0 Å². The summed E-state index contributed by atoms with van der Waals surface area (Å²) in [4.78, 5) is 0. The van der Waals surface area contributed by atoms with Crippen LogP contribution in [0.25, 0.3) is 0 Å². The molecule has 2 nitrogen and oxygen atoms in total. The molecule has 13 heavy (non-hydrogen) atoms. The standard InChI is InChI=1S/C11H14N2/c1-4-5-13-8-10(9(2)3)6-11(13)7-12/h4,6,8-9H,1,5H2,2-3H3. The fraction of sp³-hybridized carbons (Fsp3) is 0.364. The van der Waals surface area contributed by atoms with Gasteiger partial charge in [-0.2, -0.15) is 5.26 Å². The Bertz CT molecular complexity index is 339. The number of rotatable bonds is 3. The van der Waals surface area contributed by atoms with Gasteiger partial charge in [-0.15, -0.1) is 6.58 Å². The van der Waals surface area contributed by atoms with Gasteiger partial charge in [-0.05, 0) is 17.5 Å². The summed E-state index contributed by atoms with van der Waals surface area (Å²) in [5.74, 6) is 0.471. The van der Waals surface area contributed by atoms with Crippen molar-refractivity contribution in [1.82, 2.24) is 4.57 Å². The zero-order valence-electron chi connectivity index (χ0n) is 8.12. The molecule has 0 aliphatic heterocycles. The summed E-state index contributed by atoms with van der Waals surface area (Å²) >= 11 is 0. The predicted molar refractivity (Wildman–Crippen MR) is 53.4 cm³/mol. The second-order valence-electron chi connectivity index (χ2n) is 3.37. The number of hydrogen-bond acceptors (Lipinski definition) is 1. The molecule has 68 valence electrons. The van der Waals surface area contributed by atoms with Crippen molar-refractivity contribution < 1.29 is 0 Å². The highest BCUT2D eigenvalue weighted by Crippen LogP contribution is 2.17. The van der Waals surface area contributed by atoms with Crippen LogP contribution in [0.3, 0.4) is 0 Å². The van der Waals surface area contributed by atoms with Gasteiger partial charge in [0.05, 0.1) is 0 Å². The molecule has 0 aliphatic rings. The molecule has 0 atom stereocenters. The molecule has 0 spiro atoms. The summed E-state index contributed by atoms with van der Waals surface area (Å²) in [7, 11) is 0. The van der Waals surface area contributed by atoms with Crippen LogP contribution < -0.4 is 0 Å². The Morgan fingerprint density at radius 2 is 2.38 bits per heavy atom. The molecule has 0 unspecified atom stereocenters. The van der Waals surface area contributed by atoms with Crippen LogP contribution in [0.15, 0.2) is 24.9 Å². The number of allylic oxidation sites excluding steroid dienone is 1.